The highest BCUT2D eigenvalue weighted by Gasteiger charge is 2.21. The molecule has 1 aromatic heterocycles. The Balaban J connectivity index is 1.94. The van der Waals surface area contributed by atoms with Crippen LogP contribution in [0, 0.1) is 0 Å². The van der Waals surface area contributed by atoms with Crippen LogP contribution in [-0.2, 0) is 4.79 Å². The molecule has 0 aliphatic carbocycles. The van der Waals surface area contributed by atoms with Crippen molar-refractivity contribution < 1.29 is 4.79 Å². The lowest BCUT2D eigenvalue weighted by Gasteiger charge is -2.20. The van der Waals surface area contributed by atoms with Gasteiger partial charge in [0.25, 0.3) is 0 Å². The molecule has 5 nitrogen and oxygen atoms in total. The van der Waals surface area contributed by atoms with Gasteiger partial charge in [0, 0.05) is 20.1 Å². The van der Waals surface area contributed by atoms with Crippen molar-refractivity contribution in [2.45, 2.75) is 12.8 Å². The molecule has 0 aromatic carbocycles. The average molecular weight is 261 g/mol. The molecule has 0 atom stereocenters. The molecule has 1 fully saturated rings. The number of rotatable bonds is 3. The van der Waals surface area contributed by atoms with Gasteiger partial charge in [0.05, 0.1) is 18.3 Å². The second kappa shape index (κ2) is 4.97. The van der Waals surface area contributed by atoms with Crippen LogP contribution in [-0.4, -0.2) is 46.2 Å². The smallest absolute Gasteiger partial charge is 0.242 e. The zero-order valence-electron chi connectivity index (χ0n) is 9.02. The Bertz CT molecular complexity index is 377. The number of hydrogen-bond acceptors (Lipinski definition) is 5. The minimum Gasteiger partial charge on any atom is -0.347 e. The first-order chi connectivity index (χ1) is 7.68. The van der Waals surface area contributed by atoms with Gasteiger partial charge < -0.3 is 9.80 Å². The molecule has 0 spiro atoms. The molecular weight excluding hydrogens is 248 g/mol. The molecule has 2 heterocycles. The standard InChI is InChI=1S/C9H13ClN4OS/c1-13(9-8(10)11-16-12-9)6-7(15)14-4-2-3-5-14/h2-6H2,1H3. The molecule has 0 unspecified atom stereocenters. The fourth-order valence-corrected chi connectivity index (χ4v) is 2.57. The number of nitrogens with zero attached hydrogens (tertiary/aromatic N) is 4. The van der Waals surface area contributed by atoms with E-state index in [1.54, 1.807) is 11.9 Å². The topological polar surface area (TPSA) is 49.3 Å². The Kier molecular flexibility index (Phi) is 3.60. The number of carbonyl (C=O) groups is 1. The van der Waals surface area contributed by atoms with Gasteiger partial charge in [0.2, 0.25) is 5.91 Å². The van der Waals surface area contributed by atoms with Gasteiger partial charge >= 0.3 is 0 Å². The van der Waals surface area contributed by atoms with Crippen molar-refractivity contribution in [3.05, 3.63) is 5.15 Å². The van der Waals surface area contributed by atoms with Gasteiger partial charge in [-0.15, -0.1) is 0 Å². The minimum atomic E-state index is 0.129. The number of likely N-dealkylation sites (tertiary alicyclic amines) is 1. The van der Waals surface area contributed by atoms with Gasteiger partial charge in [-0.2, -0.15) is 8.75 Å². The zero-order chi connectivity index (χ0) is 11.5. The third-order valence-corrected chi connectivity index (χ3v) is 3.50. The summed E-state index contributed by atoms with van der Waals surface area (Å²) in [6.07, 6.45) is 2.21. The van der Waals surface area contributed by atoms with E-state index in [1.807, 2.05) is 4.90 Å². The Hall–Kier alpha value is -0.880. The number of amides is 1. The number of likely N-dealkylation sites (N-methyl/N-ethyl adjacent to an activating group) is 1. The van der Waals surface area contributed by atoms with Crippen LogP contribution in [0.5, 0.6) is 0 Å². The van der Waals surface area contributed by atoms with Crippen molar-refractivity contribution in [1.82, 2.24) is 13.6 Å². The van der Waals surface area contributed by atoms with Gasteiger partial charge in [0.15, 0.2) is 11.0 Å². The second-order valence-corrected chi connectivity index (χ2v) is 4.71. The highest BCUT2D eigenvalue weighted by atomic mass is 35.5. The maximum Gasteiger partial charge on any atom is 0.242 e. The summed E-state index contributed by atoms with van der Waals surface area (Å²) in [5, 5.41) is 0.363. The van der Waals surface area contributed by atoms with E-state index in [0.29, 0.717) is 17.5 Å². The summed E-state index contributed by atoms with van der Waals surface area (Å²) in [5.41, 5.74) is 0. The minimum absolute atomic E-state index is 0.129. The predicted molar refractivity (Wildman–Crippen MR) is 64.0 cm³/mol. The van der Waals surface area contributed by atoms with Gasteiger partial charge in [-0.25, -0.2) is 0 Å². The fourth-order valence-electron chi connectivity index (χ4n) is 1.74. The van der Waals surface area contributed by atoms with E-state index < -0.39 is 0 Å². The van der Waals surface area contributed by atoms with Crippen LogP contribution in [0.1, 0.15) is 12.8 Å². The lowest BCUT2D eigenvalue weighted by atomic mass is 10.4. The lowest BCUT2D eigenvalue weighted by molar-refractivity contribution is -0.128. The van der Waals surface area contributed by atoms with Crippen molar-refractivity contribution in [1.29, 1.82) is 0 Å². The van der Waals surface area contributed by atoms with E-state index in [2.05, 4.69) is 8.75 Å². The van der Waals surface area contributed by atoms with E-state index in [9.17, 15) is 4.79 Å². The molecule has 1 saturated heterocycles. The molecule has 1 aromatic rings. The molecular formula is C9H13ClN4OS. The van der Waals surface area contributed by atoms with Crippen LogP contribution in [0.25, 0.3) is 0 Å². The predicted octanol–water partition coefficient (Wildman–Crippen LogP) is 1.25. The Morgan fingerprint density at radius 2 is 2.19 bits per heavy atom. The van der Waals surface area contributed by atoms with Gasteiger partial charge in [-0.1, -0.05) is 11.6 Å². The molecule has 1 aliphatic heterocycles. The number of carbonyl (C=O) groups excluding carboxylic acids is 1. The molecule has 88 valence electrons. The molecule has 0 N–H and O–H groups in total. The SMILES string of the molecule is CN(CC(=O)N1CCCC1)c1nsnc1Cl. The Morgan fingerprint density at radius 3 is 2.75 bits per heavy atom. The van der Waals surface area contributed by atoms with E-state index >= 15 is 0 Å². The van der Waals surface area contributed by atoms with Crippen molar-refractivity contribution in [3.8, 4) is 0 Å². The molecule has 0 bridgehead atoms. The van der Waals surface area contributed by atoms with E-state index in [1.165, 1.54) is 0 Å². The van der Waals surface area contributed by atoms with Crippen LogP contribution in [0.15, 0.2) is 0 Å². The second-order valence-electron chi connectivity index (χ2n) is 3.82. The summed E-state index contributed by atoms with van der Waals surface area (Å²) in [4.78, 5) is 15.5. The first kappa shape index (κ1) is 11.6. The zero-order valence-corrected chi connectivity index (χ0v) is 10.6. The highest BCUT2D eigenvalue weighted by molar-refractivity contribution is 6.99. The molecule has 0 saturated carbocycles. The number of hydrogen-bond donors (Lipinski definition) is 0. The van der Waals surface area contributed by atoms with Crippen LogP contribution in [0.4, 0.5) is 5.82 Å². The van der Waals surface area contributed by atoms with Crippen molar-refractivity contribution in [2.75, 3.05) is 31.6 Å². The summed E-state index contributed by atoms with van der Waals surface area (Å²) in [6.45, 7) is 2.05. The van der Waals surface area contributed by atoms with Crippen LogP contribution >= 0.6 is 23.3 Å². The molecule has 1 aliphatic rings. The summed E-state index contributed by atoms with van der Waals surface area (Å²) in [7, 11) is 1.80. The number of aromatic nitrogens is 2. The maximum absolute atomic E-state index is 11.9. The summed E-state index contributed by atoms with van der Waals surface area (Å²) in [5.74, 6) is 0.711. The third kappa shape index (κ3) is 2.44. The van der Waals surface area contributed by atoms with E-state index in [4.69, 9.17) is 11.6 Å². The average Bonchev–Trinajstić information content (AvgIpc) is 2.86. The largest absolute Gasteiger partial charge is 0.347 e. The highest BCUT2D eigenvalue weighted by Crippen LogP contribution is 2.21. The summed E-state index contributed by atoms with van der Waals surface area (Å²) < 4.78 is 7.92. The van der Waals surface area contributed by atoms with Crippen molar-refractivity contribution in [3.63, 3.8) is 0 Å². The first-order valence-electron chi connectivity index (χ1n) is 5.15. The van der Waals surface area contributed by atoms with Crippen molar-refractivity contribution in [2.24, 2.45) is 0 Å². The lowest BCUT2D eigenvalue weighted by Crippen LogP contribution is -2.37. The monoisotopic (exact) mass is 260 g/mol. The Morgan fingerprint density at radius 1 is 1.50 bits per heavy atom. The maximum atomic E-state index is 11.9. The third-order valence-electron chi connectivity index (χ3n) is 2.63. The molecule has 2 rings (SSSR count). The van der Waals surface area contributed by atoms with Gasteiger partial charge in [-0.3, -0.25) is 4.79 Å². The Labute approximate surface area is 103 Å². The normalized spacial score (nSPS) is 15.5. The molecule has 0 radical (unpaired) electrons. The fraction of sp³-hybridized carbons (Fsp3) is 0.667. The first-order valence-corrected chi connectivity index (χ1v) is 6.26. The molecule has 1 amide bonds. The van der Waals surface area contributed by atoms with Gasteiger partial charge in [-0.05, 0) is 12.8 Å². The summed E-state index contributed by atoms with van der Waals surface area (Å²) >= 11 is 6.90. The number of halogens is 1. The summed E-state index contributed by atoms with van der Waals surface area (Å²) in [6, 6.07) is 0. The van der Waals surface area contributed by atoms with Crippen LogP contribution in [0.2, 0.25) is 5.15 Å². The van der Waals surface area contributed by atoms with Crippen LogP contribution < -0.4 is 4.90 Å². The van der Waals surface area contributed by atoms with E-state index in [0.717, 1.165) is 37.7 Å². The van der Waals surface area contributed by atoms with Crippen LogP contribution in [0.3, 0.4) is 0 Å². The van der Waals surface area contributed by atoms with Crippen molar-refractivity contribution >= 4 is 35.1 Å². The van der Waals surface area contributed by atoms with Gasteiger partial charge in [0.1, 0.15) is 0 Å². The number of anilines is 1. The molecule has 16 heavy (non-hydrogen) atoms. The molecule has 7 heteroatoms. The quantitative estimate of drug-likeness (QED) is 0.821. The van der Waals surface area contributed by atoms with E-state index in [-0.39, 0.29) is 5.91 Å².